The van der Waals surface area contributed by atoms with Gasteiger partial charge in [0.25, 0.3) is 10.1 Å². The van der Waals surface area contributed by atoms with Gasteiger partial charge in [-0.25, -0.2) is 0 Å². The van der Waals surface area contributed by atoms with Crippen LogP contribution >= 0.6 is 0 Å². The van der Waals surface area contributed by atoms with E-state index in [1.807, 2.05) is 36.5 Å². The Morgan fingerprint density at radius 3 is 1.36 bits per heavy atom. The quantitative estimate of drug-likeness (QED) is 0.0200. The summed E-state index contributed by atoms with van der Waals surface area (Å²) in [5.74, 6) is -2.22. The second kappa shape index (κ2) is 41.0. The molecule has 1 heterocycles. The summed E-state index contributed by atoms with van der Waals surface area (Å²) < 4.78 is 54.0. The van der Waals surface area contributed by atoms with E-state index in [9.17, 15) is 37.9 Å². The maximum absolute atomic E-state index is 12.8. The highest BCUT2D eigenvalue weighted by Crippen LogP contribution is 2.23. The van der Waals surface area contributed by atoms with Gasteiger partial charge in [0.05, 0.1) is 6.61 Å². The van der Waals surface area contributed by atoms with E-state index in [1.165, 1.54) is 19.3 Å². The molecule has 0 saturated carbocycles. The summed E-state index contributed by atoms with van der Waals surface area (Å²) in [7, 11) is -4.63. The molecule has 12 nitrogen and oxygen atoms in total. The molecular formula is C53H80O12S. The summed E-state index contributed by atoms with van der Waals surface area (Å²) in [5, 5.41) is 30.9. The Morgan fingerprint density at radius 2 is 0.939 bits per heavy atom. The van der Waals surface area contributed by atoms with Crippen LogP contribution in [0.2, 0.25) is 0 Å². The van der Waals surface area contributed by atoms with Crippen molar-refractivity contribution in [3.8, 4) is 0 Å². The highest BCUT2D eigenvalue weighted by atomic mass is 32.2. The van der Waals surface area contributed by atoms with Gasteiger partial charge < -0.3 is 34.3 Å². The van der Waals surface area contributed by atoms with Crippen LogP contribution in [-0.2, 0) is 38.7 Å². The second-order valence-electron chi connectivity index (χ2n) is 15.7. The summed E-state index contributed by atoms with van der Waals surface area (Å²) in [4.78, 5) is 25.4. The molecule has 13 heteroatoms. The first-order valence-corrected chi connectivity index (χ1v) is 25.4. The number of carbonyl (C=O) groups is 2. The van der Waals surface area contributed by atoms with E-state index in [-0.39, 0.29) is 12.8 Å². The third kappa shape index (κ3) is 35.0. The summed E-state index contributed by atoms with van der Waals surface area (Å²) in [6.07, 6.45) is 50.9. The zero-order valence-electron chi connectivity index (χ0n) is 39.5. The van der Waals surface area contributed by atoms with Crippen molar-refractivity contribution in [3.63, 3.8) is 0 Å². The summed E-state index contributed by atoms with van der Waals surface area (Å²) in [6.45, 7) is 3.47. The molecule has 0 aromatic heterocycles. The molecule has 0 aliphatic carbocycles. The van der Waals surface area contributed by atoms with Gasteiger partial charge in [-0.3, -0.25) is 14.1 Å². The van der Waals surface area contributed by atoms with Gasteiger partial charge in [0, 0.05) is 12.8 Å². The van der Waals surface area contributed by atoms with Crippen LogP contribution in [0.1, 0.15) is 129 Å². The zero-order valence-corrected chi connectivity index (χ0v) is 40.3. The van der Waals surface area contributed by atoms with Crippen LogP contribution in [0, 0.1) is 0 Å². The molecule has 2 unspecified atom stereocenters. The summed E-state index contributed by atoms with van der Waals surface area (Å²) in [5.41, 5.74) is 0. The molecule has 1 rings (SSSR count). The lowest BCUT2D eigenvalue weighted by Gasteiger charge is -2.40. The van der Waals surface area contributed by atoms with E-state index in [0.717, 1.165) is 57.8 Å². The van der Waals surface area contributed by atoms with Crippen LogP contribution in [0.4, 0.5) is 0 Å². The molecule has 0 aromatic rings. The number of allylic oxidation sites excluding steroid dienone is 22. The van der Waals surface area contributed by atoms with Crippen molar-refractivity contribution in [2.75, 3.05) is 19.0 Å². The van der Waals surface area contributed by atoms with Gasteiger partial charge in [-0.2, -0.15) is 8.42 Å². The molecular weight excluding hydrogens is 861 g/mol. The third-order valence-corrected chi connectivity index (χ3v) is 10.5. The van der Waals surface area contributed by atoms with Gasteiger partial charge >= 0.3 is 11.9 Å². The molecule has 370 valence electrons. The molecule has 0 bridgehead atoms. The molecule has 66 heavy (non-hydrogen) atoms. The molecule has 1 aliphatic rings. The molecule has 1 fully saturated rings. The lowest BCUT2D eigenvalue weighted by atomic mass is 10.00. The van der Waals surface area contributed by atoms with Gasteiger partial charge in [0.2, 0.25) is 0 Å². The lowest BCUT2D eigenvalue weighted by molar-refractivity contribution is -0.297. The first-order valence-electron chi connectivity index (χ1n) is 23.7. The number of rotatable bonds is 37. The summed E-state index contributed by atoms with van der Waals surface area (Å²) in [6, 6.07) is 0. The Hall–Kier alpha value is -4.21. The van der Waals surface area contributed by atoms with Crippen molar-refractivity contribution < 1.29 is 56.8 Å². The van der Waals surface area contributed by atoms with Gasteiger partial charge in [-0.15, -0.1) is 0 Å². The first-order chi connectivity index (χ1) is 32.0. The zero-order chi connectivity index (χ0) is 48.4. The van der Waals surface area contributed by atoms with E-state index in [2.05, 4.69) is 111 Å². The van der Waals surface area contributed by atoms with Crippen molar-refractivity contribution in [1.29, 1.82) is 0 Å². The van der Waals surface area contributed by atoms with Gasteiger partial charge in [0.15, 0.2) is 12.4 Å². The molecule has 0 spiro atoms. The number of unbranched alkanes of at least 4 members (excludes halogenated alkanes) is 3. The minimum atomic E-state index is -4.63. The third-order valence-electron chi connectivity index (χ3n) is 9.74. The Balaban J connectivity index is 2.55. The monoisotopic (exact) mass is 941 g/mol. The standard InChI is InChI=1S/C53H80O12S/c1-3-5-7-9-11-13-15-17-19-21-23-25-27-29-31-33-35-37-39-41-48(54)62-43-46(44-63-53-52(58)51(57)50(56)47(65-53)45-66(59,60)61)64-49(55)42-40-38-36-34-32-30-28-26-24-22-20-18-16-14-12-10-8-6-4-2/h5,7,11-14,17-20,23-26,29-32,35-38,46-47,50-53,56-58H,3-4,6,8-10,15-16,21-22,27-28,33-34,39-45H2,1-2H3,(H,59,60,61)/b7-5+,13-11+,14-12+,19-17+,20-18+,25-23+,26-24+,31-29+,32-30+,37-35+,38-36+/t46-,47-,50-,51?,52?,53+/m1/s1. The number of hydrogen-bond acceptors (Lipinski definition) is 11. The smallest absolute Gasteiger partial charge is 0.306 e. The van der Waals surface area contributed by atoms with E-state index in [0.29, 0.717) is 25.7 Å². The predicted molar refractivity (Wildman–Crippen MR) is 265 cm³/mol. The fourth-order valence-corrected chi connectivity index (χ4v) is 6.79. The number of hydrogen-bond donors (Lipinski definition) is 4. The van der Waals surface area contributed by atoms with E-state index < -0.39 is 77.8 Å². The minimum absolute atomic E-state index is 0.0160. The molecule has 1 saturated heterocycles. The van der Waals surface area contributed by atoms with Crippen LogP contribution in [0.15, 0.2) is 134 Å². The minimum Gasteiger partial charge on any atom is -0.462 e. The topological polar surface area (TPSA) is 186 Å². The van der Waals surface area contributed by atoms with Gasteiger partial charge in [-0.05, 0) is 89.9 Å². The van der Waals surface area contributed by atoms with Crippen molar-refractivity contribution in [3.05, 3.63) is 134 Å². The van der Waals surface area contributed by atoms with E-state index >= 15 is 0 Å². The van der Waals surface area contributed by atoms with Crippen molar-refractivity contribution in [2.24, 2.45) is 0 Å². The molecule has 0 amide bonds. The van der Waals surface area contributed by atoms with Crippen molar-refractivity contribution in [2.45, 2.75) is 166 Å². The average Bonchev–Trinajstić information content (AvgIpc) is 3.28. The molecule has 1 aliphatic heterocycles. The van der Waals surface area contributed by atoms with Gasteiger partial charge in [-0.1, -0.05) is 160 Å². The maximum atomic E-state index is 12.8. The van der Waals surface area contributed by atoms with Crippen molar-refractivity contribution >= 4 is 22.1 Å². The number of ether oxygens (including phenoxy) is 4. The Labute approximate surface area is 396 Å². The fourth-order valence-electron chi connectivity index (χ4n) is 6.09. The van der Waals surface area contributed by atoms with Crippen LogP contribution < -0.4 is 0 Å². The molecule has 4 N–H and O–H groups in total. The SMILES string of the molecule is CC/C=C/C/C=C/C/C=C/C/C=C/C/C=C/C/C=C/CCC(=O)OC[C@H](CO[C@H]1O[C@H](CS(=O)(=O)O)[C@@H](O)C(O)C1O)OC(=O)CC/C=C/C/C=C/C/C=C/C/C=C/C/C=C/CCCCC. The molecule has 0 aromatic carbocycles. The highest BCUT2D eigenvalue weighted by Gasteiger charge is 2.46. The van der Waals surface area contributed by atoms with Crippen LogP contribution in [0.3, 0.4) is 0 Å². The largest absolute Gasteiger partial charge is 0.462 e. The number of aliphatic hydroxyl groups excluding tert-OH is 3. The summed E-state index contributed by atoms with van der Waals surface area (Å²) >= 11 is 0. The Bertz CT molecular complexity index is 1720. The van der Waals surface area contributed by atoms with Gasteiger partial charge in [0.1, 0.15) is 36.8 Å². The number of esters is 2. The van der Waals surface area contributed by atoms with Crippen LogP contribution in [-0.4, -0.2) is 96.0 Å². The van der Waals surface area contributed by atoms with E-state index in [4.69, 9.17) is 18.9 Å². The lowest BCUT2D eigenvalue weighted by Crippen LogP contribution is -2.60. The van der Waals surface area contributed by atoms with E-state index in [1.54, 1.807) is 0 Å². The fraction of sp³-hybridized carbons (Fsp3) is 0.547. The number of aliphatic hydroxyl groups is 3. The normalized spacial score (nSPS) is 20.6. The number of carbonyl (C=O) groups excluding carboxylic acids is 2. The van der Waals surface area contributed by atoms with Crippen LogP contribution in [0.25, 0.3) is 0 Å². The Kier molecular flexibility index (Phi) is 37.2. The average molecular weight is 941 g/mol. The molecule has 0 radical (unpaired) electrons. The Morgan fingerprint density at radius 1 is 0.530 bits per heavy atom. The predicted octanol–water partition coefficient (Wildman–Crippen LogP) is 10.3. The van der Waals surface area contributed by atoms with Crippen molar-refractivity contribution in [1.82, 2.24) is 0 Å². The first kappa shape index (κ1) is 59.8. The van der Waals surface area contributed by atoms with Crippen LogP contribution in [0.5, 0.6) is 0 Å². The highest BCUT2D eigenvalue weighted by molar-refractivity contribution is 7.85. The maximum Gasteiger partial charge on any atom is 0.306 e. The second-order valence-corrected chi connectivity index (χ2v) is 17.2. The molecule has 6 atom stereocenters.